The van der Waals surface area contributed by atoms with Crippen LogP contribution in [0.1, 0.15) is 35.7 Å². The topological polar surface area (TPSA) is 46.2 Å². The highest BCUT2D eigenvalue weighted by Crippen LogP contribution is 2.32. The fourth-order valence-electron chi connectivity index (χ4n) is 2.79. The molecule has 0 amide bonds. The minimum Gasteiger partial charge on any atom is -0.309 e. The molecule has 3 nitrogen and oxygen atoms in total. The number of thiophene rings is 1. The van der Waals surface area contributed by atoms with Gasteiger partial charge in [0, 0.05) is 23.4 Å². The van der Waals surface area contributed by atoms with Crippen molar-refractivity contribution >= 4 is 21.2 Å². The average Bonchev–Trinajstić information content (AvgIpc) is 3.01. The second-order valence-electron chi connectivity index (χ2n) is 5.52. The van der Waals surface area contributed by atoms with Crippen molar-refractivity contribution in [1.82, 2.24) is 5.32 Å². The van der Waals surface area contributed by atoms with E-state index in [1.54, 1.807) is 23.5 Å². The number of hydrogen-bond acceptors (Lipinski definition) is 4. The molecule has 1 aromatic heterocycles. The van der Waals surface area contributed by atoms with E-state index in [1.165, 1.54) is 4.88 Å². The number of nitrogens with one attached hydrogen (secondary N) is 1. The second-order valence-corrected chi connectivity index (χ2v) is 8.58. The van der Waals surface area contributed by atoms with Gasteiger partial charge in [-0.1, -0.05) is 31.2 Å². The van der Waals surface area contributed by atoms with Crippen LogP contribution in [0.25, 0.3) is 0 Å². The zero-order valence-electron chi connectivity index (χ0n) is 12.0. The standard InChI is InChI=1S/C16H19NO2S2/c1-12(15-6-4-9-20-15)11-17-14-8-10-21(18,19)16-7-3-2-5-13(14)16/h2-7,9,12,14,17H,8,10-11H2,1H3. The smallest absolute Gasteiger partial charge is 0.178 e. The van der Waals surface area contributed by atoms with Crippen molar-refractivity contribution < 1.29 is 8.42 Å². The summed E-state index contributed by atoms with van der Waals surface area (Å²) in [6, 6.07) is 11.7. The monoisotopic (exact) mass is 321 g/mol. The molecule has 1 aliphatic heterocycles. The maximum absolute atomic E-state index is 12.1. The lowest BCUT2D eigenvalue weighted by atomic mass is 10.0. The van der Waals surface area contributed by atoms with Gasteiger partial charge in [-0.15, -0.1) is 11.3 Å². The molecule has 1 N–H and O–H groups in total. The highest BCUT2D eigenvalue weighted by Gasteiger charge is 2.29. The molecule has 2 unspecified atom stereocenters. The van der Waals surface area contributed by atoms with Gasteiger partial charge in [0.2, 0.25) is 0 Å². The summed E-state index contributed by atoms with van der Waals surface area (Å²) in [4.78, 5) is 1.86. The first-order valence-corrected chi connectivity index (χ1v) is 9.69. The van der Waals surface area contributed by atoms with Gasteiger partial charge in [-0.05, 0) is 29.5 Å². The van der Waals surface area contributed by atoms with Gasteiger partial charge in [0.1, 0.15) is 0 Å². The van der Waals surface area contributed by atoms with Crippen LogP contribution in [0.3, 0.4) is 0 Å². The summed E-state index contributed by atoms with van der Waals surface area (Å²) in [6.07, 6.45) is 0.649. The number of sulfone groups is 1. The molecule has 21 heavy (non-hydrogen) atoms. The number of fused-ring (bicyclic) bond motifs is 1. The Bertz CT molecular complexity index is 708. The van der Waals surface area contributed by atoms with E-state index in [0.717, 1.165) is 12.1 Å². The Kier molecular flexibility index (Phi) is 4.15. The molecule has 0 spiro atoms. The van der Waals surface area contributed by atoms with Gasteiger partial charge in [-0.2, -0.15) is 0 Å². The molecule has 5 heteroatoms. The summed E-state index contributed by atoms with van der Waals surface area (Å²) < 4.78 is 24.2. The van der Waals surface area contributed by atoms with Gasteiger partial charge in [0.25, 0.3) is 0 Å². The van der Waals surface area contributed by atoms with E-state index in [9.17, 15) is 8.42 Å². The lowest BCUT2D eigenvalue weighted by Gasteiger charge is -2.27. The first-order chi connectivity index (χ1) is 10.1. The Balaban J connectivity index is 1.75. The van der Waals surface area contributed by atoms with Crippen LogP contribution in [0, 0.1) is 0 Å². The molecule has 2 heterocycles. The van der Waals surface area contributed by atoms with Crippen LogP contribution in [0.2, 0.25) is 0 Å². The summed E-state index contributed by atoms with van der Waals surface area (Å²) in [6.45, 7) is 3.06. The fourth-order valence-corrected chi connectivity index (χ4v) is 5.20. The maximum atomic E-state index is 12.1. The first kappa shape index (κ1) is 14.8. The van der Waals surface area contributed by atoms with Crippen molar-refractivity contribution in [3.05, 3.63) is 52.2 Å². The zero-order valence-corrected chi connectivity index (χ0v) is 13.6. The largest absolute Gasteiger partial charge is 0.309 e. The molecule has 0 saturated carbocycles. The van der Waals surface area contributed by atoms with Crippen molar-refractivity contribution in [2.45, 2.75) is 30.2 Å². The molecule has 2 atom stereocenters. The van der Waals surface area contributed by atoms with Gasteiger partial charge in [-0.3, -0.25) is 0 Å². The molecule has 1 aliphatic rings. The van der Waals surface area contributed by atoms with Crippen LogP contribution in [-0.4, -0.2) is 20.7 Å². The van der Waals surface area contributed by atoms with Crippen molar-refractivity contribution in [3.63, 3.8) is 0 Å². The molecule has 0 radical (unpaired) electrons. The van der Waals surface area contributed by atoms with E-state index in [4.69, 9.17) is 0 Å². The Morgan fingerprint density at radius 1 is 1.29 bits per heavy atom. The number of benzene rings is 1. The summed E-state index contributed by atoms with van der Waals surface area (Å²) in [5.74, 6) is 0.672. The Morgan fingerprint density at radius 3 is 2.86 bits per heavy atom. The van der Waals surface area contributed by atoms with Crippen LogP contribution in [0.5, 0.6) is 0 Å². The summed E-state index contributed by atoms with van der Waals surface area (Å²) in [5, 5.41) is 5.64. The van der Waals surface area contributed by atoms with E-state index in [-0.39, 0.29) is 11.8 Å². The lowest BCUT2D eigenvalue weighted by molar-refractivity contribution is 0.476. The molecule has 3 rings (SSSR count). The van der Waals surface area contributed by atoms with Crippen LogP contribution >= 0.6 is 11.3 Å². The third-order valence-corrected chi connectivity index (χ3v) is 6.92. The summed E-state index contributed by atoms with van der Waals surface area (Å²) in [5.41, 5.74) is 0.919. The van der Waals surface area contributed by atoms with Crippen molar-refractivity contribution in [1.29, 1.82) is 0 Å². The molecular weight excluding hydrogens is 302 g/mol. The first-order valence-electron chi connectivity index (χ1n) is 7.16. The molecule has 0 aliphatic carbocycles. The third-order valence-electron chi connectivity index (χ3n) is 4.00. The Morgan fingerprint density at radius 2 is 2.10 bits per heavy atom. The Hall–Kier alpha value is -1.17. The van der Waals surface area contributed by atoms with E-state index in [1.807, 2.05) is 12.1 Å². The highest BCUT2D eigenvalue weighted by molar-refractivity contribution is 7.91. The predicted octanol–water partition coefficient (Wildman–Crippen LogP) is 3.36. The molecule has 112 valence electrons. The zero-order chi connectivity index (χ0) is 14.9. The van der Waals surface area contributed by atoms with Gasteiger partial charge in [-0.25, -0.2) is 8.42 Å². The normalized spacial score (nSPS) is 21.7. The van der Waals surface area contributed by atoms with E-state index >= 15 is 0 Å². The number of hydrogen-bond donors (Lipinski definition) is 1. The van der Waals surface area contributed by atoms with Crippen LogP contribution in [-0.2, 0) is 9.84 Å². The Labute approximate surface area is 129 Å². The van der Waals surface area contributed by atoms with Crippen molar-refractivity contribution in [2.75, 3.05) is 12.3 Å². The summed E-state index contributed by atoms with van der Waals surface area (Å²) in [7, 11) is -3.09. The number of rotatable bonds is 4. The molecule has 1 aromatic carbocycles. The molecular formula is C16H19NO2S2. The van der Waals surface area contributed by atoms with E-state index < -0.39 is 9.84 Å². The third kappa shape index (κ3) is 3.05. The second kappa shape index (κ2) is 5.91. The molecule has 0 saturated heterocycles. The molecule has 0 fully saturated rings. The van der Waals surface area contributed by atoms with Crippen LogP contribution in [0.4, 0.5) is 0 Å². The minimum atomic E-state index is -3.09. The lowest BCUT2D eigenvalue weighted by Crippen LogP contribution is -2.31. The fraction of sp³-hybridized carbons (Fsp3) is 0.375. The van der Waals surface area contributed by atoms with E-state index in [2.05, 4.69) is 29.8 Å². The minimum absolute atomic E-state index is 0.132. The molecule has 2 aromatic rings. The van der Waals surface area contributed by atoms with Gasteiger partial charge in [0.15, 0.2) is 9.84 Å². The average molecular weight is 321 g/mol. The predicted molar refractivity (Wildman–Crippen MR) is 86.6 cm³/mol. The van der Waals surface area contributed by atoms with Gasteiger partial charge < -0.3 is 5.32 Å². The van der Waals surface area contributed by atoms with E-state index in [0.29, 0.717) is 17.2 Å². The van der Waals surface area contributed by atoms with Gasteiger partial charge in [0.05, 0.1) is 10.6 Å². The SMILES string of the molecule is CC(CNC1CCS(=O)(=O)c2ccccc21)c1cccs1. The van der Waals surface area contributed by atoms with Crippen LogP contribution in [0.15, 0.2) is 46.7 Å². The van der Waals surface area contributed by atoms with Crippen LogP contribution < -0.4 is 5.32 Å². The van der Waals surface area contributed by atoms with Gasteiger partial charge >= 0.3 is 0 Å². The summed E-state index contributed by atoms with van der Waals surface area (Å²) >= 11 is 1.77. The maximum Gasteiger partial charge on any atom is 0.178 e. The molecule has 0 bridgehead atoms. The quantitative estimate of drug-likeness (QED) is 0.939. The highest BCUT2D eigenvalue weighted by atomic mass is 32.2. The van der Waals surface area contributed by atoms with Crippen molar-refractivity contribution in [2.24, 2.45) is 0 Å². The van der Waals surface area contributed by atoms with Crippen molar-refractivity contribution in [3.8, 4) is 0 Å².